The van der Waals surface area contributed by atoms with Gasteiger partial charge >= 0.3 is 0 Å². The van der Waals surface area contributed by atoms with Crippen molar-refractivity contribution in [2.75, 3.05) is 0 Å². The molecule has 0 aliphatic carbocycles. The van der Waals surface area contributed by atoms with Gasteiger partial charge in [-0.2, -0.15) is 0 Å². The normalized spacial score (nSPS) is 10.1. The molecule has 2 aromatic rings. The number of pyridine rings is 1. The monoisotopic (exact) mass is 235 g/mol. The maximum atomic E-state index is 13.7. The van der Waals surface area contributed by atoms with Gasteiger partial charge in [0, 0.05) is 29.1 Å². The lowest BCUT2D eigenvalue weighted by molar-refractivity contribution is 0.112. The highest BCUT2D eigenvalue weighted by molar-refractivity contribution is 6.31. The van der Waals surface area contributed by atoms with Gasteiger partial charge in [0.1, 0.15) is 5.82 Å². The molecule has 0 amide bonds. The molecule has 1 heterocycles. The predicted molar refractivity (Wildman–Crippen MR) is 60.0 cm³/mol. The number of benzene rings is 1. The van der Waals surface area contributed by atoms with Crippen molar-refractivity contribution in [1.82, 2.24) is 4.98 Å². The lowest BCUT2D eigenvalue weighted by atomic mass is 10.1. The third kappa shape index (κ3) is 1.95. The van der Waals surface area contributed by atoms with Crippen LogP contribution in [0.25, 0.3) is 11.1 Å². The molecule has 4 heteroatoms. The van der Waals surface area contributed by atoms with Gasteiger partial charge in [-0.25, -0.2) is 4.39 Å². The Balaban J connectivity index is 2.58. The predicted octanol–water partition coefficient (Wildman–Crippen LogP) is 3.35. The van der Waals surface area contributed by atoms with E-state index in [9.17, 15) is 9.18 Å². The second kappa shape index (κ2) is 4.41. The zero-order valence-corrected chi connectivity index (χ0v) is 8.91. The van der Waals surface area contributed by atoms with E-state index in [0.717, 1.165) is 0 Å². The average molecular weight is 236 g/mol. The number of carbonyl (C=O) groups excluding carboxylic acids is 1. The van der Waals surface area contributed by atoms with Crippen molar-refractivity contribution in [3.05, 3.63) is 53.1 Å². The molecule has 0 unspecified atom stereocenters. The third-order valence-electron chi connectivity index (χ3n) is 2.16. The molecule has 1 aromatic carbocycles. The lowest BCUT2D eigenvalue weighted by Gasteiger charge is -2.04. The van der Waals surface area contributed by atoms with E-state index in [2.05, 4.69) is 4.98 Å². The minimum atomic E-state index is -0.506. The number of aldehydes is 1. The molecule has 2 rings (SSSR count). The topological polar surface area (TPSA) is 30.0 Å². The summed E-state index contributed by atoms with van der Waals surface area (Å²) in [6, 6.07) is 6.27. The Hall–Kier alpha value is -1.74. The van der Waals surface area contributed by atoms with E-state index >= 15 is 0 Å². The number of nitrogens with zero attached hydrogens (tertiary/aromatic N) is 1. The Morgan fingerprint density at radius 2 is 2.12 bits per heavy atom. The number of halogens is 2. The molecular formula is C12H7ClFNO. The van der Waals surface area contributed by atoms with Gasteiger partial charge in [-0.15, -0.1) is 0 Å². The number of hydrogen-bond acceptors (Lipinski definition) is 2. The fraction of sp³-hybridized carbons (Fsp3) is 0. The van der Waals surface area contributed by atoms with E-state index in [1.54, 1.807) is 18.2 Å². The van der Waals surface area contributed by atoms with E-state index < -0.39 is 5.82 Å². The fourth-order valence-electron chi connectivity index (χ4n) is 1.40. The maximum Gasteiger partial charge on any atom is 0.151 e. The van der Waals surface area contributed by atoms with Crippen LogP contribution in [0.15, 0.2) is 36.7 Å². The number of hydrogen-bond donors (Lipinski definition) is 0. The van der Waals surface area contributed by atoms with Crippen molar-refractivity contribution in [2.45, 2.75) is 0 Å². The summed E-state index contributed by atoms with van der Waals surface area (Å²) in [6.07, 6.45) is 3.57. The van der Waals surface area contributed by atoms with E-state index in [1.807, 2.05) is 0 Å². The summed E-state index contributed by atoms with van der Waals surface area (Å²) in [5.74, 6) is -0.506. The van der Waals surface area contributed by atoms with Crippen LogP contribution in [-0.2, 0) is 0 Å². The van der Waals surface area contributed by atoms with Gasteiger partial charge in [0.2, 0.25) is 0 Å². The third-order valence-corrected chi connectivity index (χ3v) is 2.45. The van der Waals surface area contributed by atoms with E-state index in [4.69, 9.17) is 11.6 Å². The summed E-state index contributed by atoms with van der Waals surface area (Å²) in [5.41, 5.74) is 1.27. The molecule has 0 N–H and O–H groups in total. The van der Waals surface area contributed by atoms with Crippen molar-refractivity contribution in [3.63, 3.8) is 0 Å². The number of carbonyl (C=O) groups is 1. The lowest BCUT2D eigenvalue weighted by Crippen LogP contribution is -1.89. The molecule has 80 valence electrons. The number of rotatable bonds is 2. The Morgan fingerprint density at radius 3 is 2.88 bits per heavy atom. The van der Waals surface area contributed by atoms with Crippen molar-refractivity contribution >= 4 is 17.9 Å². The molecule has 0 saturated carbocycles. The average Bonchev–Trinajstić information content (AvgIpc) is 2.33. The van der Waals surface area contributed by atoms with E-state index in [-0.39, 0.29) is 5.02 Å². The van der Waals surface area contributed by atoms with Crippen LogP contribution in [0, 0.1) is 5.82 Å². The zero-order chi connectivity index (χ0) is 11.5. The molecule has 0 saturated heterocycles. The highest BCUT2D eigenvalue weighted by Gasteiger charge is 2.08. The van der Waals surface area contributed by atoms with Gasteiger partial charge in [-0.05, 0) is 12.1 Å². The van der Waals surface area contributed by atoms with Crippen molar-refractivity contribution < 1.29 is 9.18 Å². The molecular weight excluding hydrogens is 229 g/mol. The fourth-order valence-corrected chi connectivity index (χ4v) is 1.57. The second-order valence-electron chi connectivity index (χ2n) is 3.23. The second-order valence-corrected chi connectivity index (χ2v) is 3.63. The zero-order valence-electron chi connectivity index (χ0n) is 8.15. The van der Waals surface area contributed by atoms with Gasteiger partial charge in [-0.3, -0.25) is 9.78 Å². The molecule has 0 spiro atoms. The summed E-state index contributed by atoms with van der Waals surface area (Å²) >= 11 is 5.67. The van der Waals surface area contributed by atoms with Crippen molar-refractivity contribution in [1.29, 1.82) is 0 Å². The van der Waals surface area contributed by atoms with Crippen LogP contribution >= 0.6 is 11.6 Å². The molecule has 0 fully saturated rings. The molecule has 1 aromatic heterocycles. The van der Waals surface area contributed by atoms with Crippen LogP contribution in [0.5, 0.6) is 0 Å². The molecule has 0 aliphatic heterocycles. The molecule has 0 atom stereocenters. The Morgan fingerprint density at radius 1 is 1.31 bits per heavy atom. The first-order valence-electron chi connectivity index (χ1n) is 4.57. The first-order valence-corrected chi connectivity index (χ1v) is 4.95. The first kappa shape index (κ1) is 10.8. The van der Waals surface area contributed by atoms with Gasteiger partial charge in [-0.1, -0.05) is 23.7 Å². The van der Waals surface area contributed by atoms with Gasteiger partial charge in [0.05, 0.1) is 5.02 Å². The van der Waals surface area contributed by atoms with Crippen LogP contribution in [0.2, 0.25) is 5.02 Å². The van der Waals surface area contributed by atoms with Crippen LogP contribution in [0.1, 0.15) is 10.4 Å². The highest BCUT2D eigenvalue weighted by atomic mass is 35.5. The summed E-state index contributed by atoms with van der Waals surface area (Å²) < 4.78 is 13.7. The smallest absolute Gasteiger partial charge is 0.151 e. The van der Waals surface area contributed by atoms with Crippen molar-refractivity contribution in [2.24, 2.45) is 0 Å². The SMILES string of the molecule is O=Cc1cncc(-c2cccc(Cl)c2F)c1. The van der Waals surface area contributed by atoms with Gasteiger partial charge in [0.15, 0.2) is 6.29 Å². The minimum Gasteiger partial charge on any atom is -0.298 e. The van der Waals surface area contributed by atoms with Crippen LogP contribution < -0.4 is 0 Å². The van der Waals surface area contributed by atoms with E-state index in [1.165, 1.54) is 18.5 Å². The molecule has 2 nitrogen and oxygen atoms in total. The van der Waals surface area contributed by atoms with Crippen LogP contribution in [0.4, 0.5) is 4.39 Å². The summed E-state index contributed by atoms with van der Waals surface area (Å²) in [6.45, 7) is 0. The largest absolute Gasteiger partial charge is 0.298 e. The van der Waals surface area contributed by atoms with Gasteiger partial charge < -0.3 is 0 Å². The summed E-state index contributed by atoms with van der Waals surface area (Å²) in [5, 5.41) is 0.0500. The van der Waals surface area contributed by atoms with E-state index in [0.29, 0.717) is 23.0 Å². The standard InChI is InChI=1S/C12H7ClFNO/c13-11-3-1-2-10(12(11)14)9-4-8(7-16)5-15-6-9/h1-7H. The van der Waals surface area contributed by atoms with Crippen LogP contribution in [-0.4, -0.2) is 11.3 Å². The van der Waals surface area contributed by atoms with Crippen molar-refractivity contribution in [3.8, 4) is 11.1 Å². The quantitative estimate of drug-likeness (QED) is 0.747. The minimum absolute atomic E-state index is 0.0500. The Kier molecular flexibility index (Phi) is 2.97. The number of aromatic nitrogens is 1. The van der Waals surface area contributed by atoms with Crippen LogP contribution in [0.3, 0.4) is 0 Å². The molecule has 0 aliphatic rings. The Labute approximate surface area is 96.7 Å². The Bertz CT molecular complexity index is 542. The summed E-state index contributed by atoms with van der Waals surface area (Å²) in [7, 11) is 0. The maximum absolute atomic E-state index is 13.7. The summed E-state index contributed by atoms with van der Waals surface area (Å²) in [4.78, 5) is 14.4. The first-order chi connectivity index (χ1) is 7.72. The highest BCUT2D eigenvalue weighted by Crippen LogP contribution is 2.27. The molecule has 16 heavy (non-hydrogen) atoms. The molecule has 0 bridgehead atoms. The van der Waals surface area contributed by atoms with Gasteiger partial charge in [0.25, 0.3) is 0 Å². The molecule has 0 radical (unpaired) electrons.